The summed E-state index contributed by atoms with van der Waals surface area (Å²) in [6.07, 6.45) is 3.32. The Labute approximate surface area is 140 Å². The fourth-order valence-electron chi connectivity index (χ4n) is 2.51. The zero-order valence-electron chi connectivity index (χ0n) is 14.2. The molecule has 3 heterocycles. The molecule has 0 unspecified atom stereocenters. The van der Waals surface area contributed by atoms with Gasteiger partial charge in [0, 0.05) is 18.3 Å². The second-order valence-corrected chi connectivity index (χ2v) is 6.20. The highest BCUT2D eigenvalue weighted by Crippen LogP contribution is 2.20. The lowest BCUT2D eigenvalue weighted by atomic mass is 10.1. The van der Waals surface area contributed by atoms with Gasteiger partial charge in [-0.3, -0.25) is 4.79 Å². The number of carbonyl (C=O) groups is 1. The van der Waals surface area contributed by atoms with Crippen molar-refractivity contribution < 1.29 is 9.21 Å². The second kappa shape index (κ2) is 6.86. The van der Waals surface area contributed by atoms with Crippen molar-refractivity contribution in [3.8, 4) is 11.5 Å². The second-order valence-electron chi connectivity index (χ2n) is 6.20. The fourth-order valence-corrected chi connectivity index (χ4v) is 2.51. The molecular weight excluding hydrogens is 304 g/mol. The summed E-state index contributed by atoms with van der Waals surface area (Å²) < 4.78 is 7.16. The largest absolute Gasteiger partial charge is 0.463 e. The number of amides is 1. The first-order valence-electron chi connectivity index (χ1n) is 8.30. The molecule has 0 bridgehead atoms. The van der Waals surface area contributed by atoms with Crippen molar-refractivity contribution in [3.05, 3.63) is 41.9 Å². The molecule has 0 saturated carbocycles. The molecule has 3 aromatic heterocycles. The molecule has 6 heteroatoms. The predicted molar refractivity (Wildman–Crippen MR) is 91.9 cm³/mol. The Balaban J connectivity index is 1.91. The third-order valence-corrected chi connectivity index (χ3v) is 3.88. The van der Waals surface area contributed by atoms with Gasteiger partial charge in [-0.15, -0.1) is 0 Å². The maximum Gasteiger partial charge on any atom is 0.270 e. The molecule has 0 spiro atoms. The summed E-state index contributed by atoms with van der Waals surface area (Å²) in [5.41, 5.74) is 2.72. The van der Waals surface area contributed by atoms with Crippen LogP contribution in [0.4, 0.5) is 0 Å². The van der Waals surface area contributed by atoms with Crippen molar-refractivity contribution in [1.82, 2.24) is 19.9 Å². The monoisotopic (exact) mass is 326 g/mol. The summed E-state index contributed by atoms with van der Waals surface area (Å²) >= 11 is 0. The van der Waals surface area contributed by atoms with E-state index in [1.807, 2.05) is 25.1 Å². The van der Waals surface area contributed by atoms with Gasteiger partial charge < -0.3 is 9.73 Å². The zero-order valence-corrected chi connectivity index (χ0v) is 14.2. The van der Waals surface area contributed by atoms with Gasteiger partial charge in [0.25, 0.3) is 5.91 Å². The van der Waals surface area contributed by atoms with Crippen LogP contribution in [0.3, 0.4) is 0 Å². The van der Waals surface area contributed by atoms with Crippen LogP contribution in [0.1, 0.15) is 43.4 Å². The van der Waals surface area contributed by atoms with Crippen LogP contribution in [-0.4, -0.2) is 27.0 Å². The standard InChI is InChI=1S/C18H22N4O2/c1-4-13-10-15(18(23)19-8-7-12(2)3)20-17-11-14(21-22(13)17)16-6-5-9-24-16/h5-6,9-12H,4,7-8H2,1-3H3,(H,19,23). The van der Waals surface area contributed by atoms with Gasteiger partial charge in [0.05, 0.1) is 6.26 Å². The molecule has 6 nitrogen and oxygen atoms in total. The Kier molecular flexibility index (Phi) is 4.64. The van der Waals surface area contributed by atoms with E-state index in [1.165, 1.54) is 0 Å². The van der Waals surface area contributed by atoms with Gasteiger partial charge in [-0.25, -0.2) is 9.50 Å². The van der Waals surface area contributed by atoms with Gasteiger partial charge in [-0.1, -0.05) is 20.8 Å². The number of nitrogens with one attached hydrogen (secondary N) is 1. The molecule has 3 aromatic rings. The van der Waals surface area contributed by atoms with Gasteiger partial charge in [-0.2, -0.15) is 5.10 Å². The van der Waals surface area contributed by atoms with Gasteiger partial charge >= 0.3 is 0 Å². The summed E-state index contributed by atoms with van der Waals surface area (Å²) in [7, 11) is 0. The minimum Gasteiger partial charge on any atom is -0.463 e. The lowest BCUT2D eigenvalue weighted by Gasteiger charge is -2.08. The van der Waals surface area contributed by atoms with Crippen LogP contribution in [0.5, 0.6) is 0 Å². The summed E-state index contributed by atoms with van der Waals surface area (Å²) in [6, 6.07) is 7.31. The Morgan fingerprint density at radius 1 is 1.38 bits per heavy atom. The molecule has 126 valence electrons. The Bertz CT molecular complexity index is 834. The number of aromatic nitrogens is 3. The third-order valence-electron chi connectivity index (χ3n) is 3.88. The van der Waals surface area contributed by atoms with Crippen molar-refractivity contribution in [3.63, 3.8) is 0 Å². The predicted octanol–water partition coefficient (Wildman–Crippen LogP) is 3.33. The lowest BCUT2D eigenvalue weighted by molar-refractivity contribution is 0.0947. The maximum absolute atomic E-state index is 12.4. The average Bonchev–Trinajstić information content (AvgIpc) is 3.22. The number of fused-ring (bicyclic) bond motifs is 1. The van der Waals surface area contributed by atoms with Gasteiger partial charge in [0.2, 0.25) is 0 Å². The van der Waals surface area contributed by atoms with E-state index < -0.39 is 0 Å². The van der Waals surface area contributed by atoms with Crippen molar-refractivity contribution in [1.29, 1.82) is 0 Å². The average molecular weight is 326 g/mol. The summed E-state index contributed by atoms with van der Waals surface area (Å²) in [5, 5.41) is 7.47. The highest BCUT2D eigenvalue weighted by Gasteiger charge is 2.15. The molecule has 1 N–H and O–H groups in total. The minimum absolute atomic E-state index is 0.145. The molecule has 0 aliphatic heterocycles. The van der Waals surface area contributed by atoms with Gasteiger partial charge in [-0.05, 0) is 37.0 Å². The molecule has 0 saturated heterocycles. The normalized spacial score (nSPS) is 11.3. The van der Waals surface area contributed by atoms with Crippen LogP contribution in [0.25, 0.3) is 17.1 Å². The molecule has 0 aromatic carbocycles. The van der Waals surface area contributed by atoms with Crippen molar-refractivity contribution in [2.24, 2.45) is 5.92 Å². The van der Waals surface area contributed by atoms with E-state index in [-0.39, 0.29) is 5.91 Å². The van der Waals surface area contributed by atoms with Crippen molar-refractivity contribution >= 4 is 11.6 Å². The van der Waals surface area contributed by atoms with E-state index in [0.29, 0.717) is 35.3 Å². The molecular formula is C18H22N4O2. The Hall–Kier alpha value is -2.63. The first-order chi connectivity index (χ1) is 11.6. The van der Waals surface area contributed by atoms with E-state index in [0.717, 1.165) is 18.5 Å². The fraction of sp³-hybridized carbons (Fsp3) is 0.389. The number of carbonyl (C=O) groups excluding carboxylic acids is 1. The number of rotatable bonds is 6. The van der Waals surface area contributed by atoms with Crippen molar-refractivity contribution in [2.75, 3.05) is 6.54 Å². The molecule has 0 fully saturated rings. The summed E-state index contributed by atoms with van der Waals surface area (Å²) in [4.78, 5) is 16.8. The number of hydrogen-bond donors (Lipinski definition) is 1. The molecule has 3 rings (SSSR count). The third kappa shape index (κ3) is 3.32. The molecule has 24 heavy (non-hydrogen) atoms. The molecule has 0 aliphatic rings. The van der Waals surface area contributed by atoms with E-state index in [2.05, 4.69) is 29.2 Å². The molecule has 0 atom stereocenters. The molecule has 0 radical (unpaired) electrons. The number of furan rings is 1. The first-order valence-corrected chi connectivity index (χ1v) is 8.30. The SMILES string of the molecule is CCc1cc(C(=O)NCCC(C)C)nc2cc(-c3ccco3)nn12. The van der Waals surface area contributed by atoms with Crippen LogP contribution < -0.4 is 5.32 Å². The smallest absolute Gasteiger partial charge is 0.270 e. The quantitative estimate of drug-likeness (QED) is 0.754. The van der Waals surface area contributed by atoms with Crippen LogP contribution >= 0.6 is 0 Å². The van der Waals surface area contributed by atoms with Crippen molar-refractivity contribution in [2.45, 2.75) is 33.6 Å². The van der Waals surface area contributed by atoms with Crippen LogP contribution in [0.15, 0.2) is 34.9 Å². The minimum atomic E-state index is -0.145. The number of nitrogens with zero attached hydrogens (tertiary/aromatic N) is 3. The van der Waals surface area contributed by atoms with Crippen LogP contribution in [0, 0.1) is 5.92 Å². The van der Waals surface area contributed by atoms with E-state index in [1.54, 1.807) is 16.8 Å². The van der Waals surface area contributed by atoms with E-state index in [9.17, 15) is 4.79 Å². The zero-order chi connectivity index (χ0) is 17.1. The van der Waals surface area contributed by atoms with Crippen LogP contribution in [0.2, 0.25) is 0 Å². The molecule has 0 aliphatic carbocycles. The first kappa shape index (κ1) is 16.2. The number of aryl methyl sites for hydroxylation is 1. The lowest BCUT2D eigenvalue weighted by Crippen LogP contribution is -2.26. The van der Waals surface area contributed by atoms with Gasteiger partial charge in [0.1, 0.15) is 11.4 Å². The highest BCUT2D eigenvalue weighted by atomic mass is 16.3. The maximum atomic E-state index is 12.4. The topological polar surface area (TPSA) is 72.4 Å². The summed E-state index contributed by atoms with van der Waals surface area (Å²) in [6.45, 7) is 6.95. The highest BCUT2D eigenvalue weighted by molar-refractivity contribution is 5.92. The summed E-state index contributed by atoms with van der Waals surface area (Å²) in [5.74, 6) is 1.09. The van der Waals surface area contributed by atoms with E-state index in [4.69, 9.17) is 4.42 Å². The Morgan fingerprint density at radius 3 is 2.88 bits per heavy atom. The molecule has 1 amide bonds. The number of hydrogen-bond acceptors (Lipinski definition) is 4. The Morgan fingerprint density at radius 2 is 2.21 bits per heavy atom. The van der Waals surface area contributed by atoms with Crippen LogP contribution in [-0.2, 0) is 6.42 Å². The van der Waals surface area contributed by atoms with E-state index >= 15 is 0 Å². The van der Waals surface area contributed by atoms with Gasteiger partial charge in [0.15, 0.2) is 11.4 Å².